The van der Waals surface area contributed by atoms with E-state index in [4.69, 9.17) is 4.42 Å². The number of rotatable bonds is 5. The first-order valence-electron chi connectivity index (χ1n) is 8.60. The van der Waals surface area contributed by atoms with E-state index in [1.165, 1.54) is 0 Å². The Hall–Kier alpha value is -3.32. The molecule has 0 atom stereocenters. The molecule has 0 saturated heterocycles. The minimum absolute atomic E-state index is 0.106. The summed E-state index contributed by atoms with van der Waals surface area (Å²) in [6.45, 7) is 0. The Morgan fingerprint density at radius 2 is 1.79 bits per heavy atom. The highest BCUT2D eigenvalue weighted by Crippen LogP contribution is 2.22. The minimum Gasteiger partial charge on any atom is -0.444 e. The smallest absolute Gasteiger partial charge is 0.291 e. The lowest BCUT2D eigenvalue weighted by molar-refractivity contribution is -0.115. The molecule has 2 heterocycles. The Bertz CT molecular complexity index is 1150. The number of halogens is 1. The second-order valence-electron chi connectivity index (χ2n) is 6.22. The summed E-state index contributed by atoms with van der Waals surface area (Å²) in [7, 11) is 0. The fraction of sp³-hybridized carbons (Fsp3) is 0.0476. The zero-order valence-electron chi connectivity index (χ0n) is 14.7. The van der Waals surface area contributed by atoms with Crippen molar-refractivity contribution in [3.63, 3.8) is 0 Å². The van der Waals surface area contributed by atoms with Crippen LogP contribution in [0, 0.1) is 0 Å². The topological polar surface area (TPSA) is 87.1 Å². The van der Waals surface area contributed by atoms with E-state index in [2.05, 4.69) is 31.5 Å². The third kappa shape index (κ3) is 3.99. The molecule has 0 radical (unpaired) electrons. The van der Waals surface area contributed by atoms with E-state index in [1.54, 1.807) is 24.3 Å². The maximum absolute atomic E-state index is 12.4. The number of amides is 2. The van der Waals surface area contributed by atoms with Gasteiger partial charge in [-0.15, -0.1) is 0 Å². The quantitative estimate of drug-likeness (QED) is 0.412. The number of hydrogen-bond acceptors (Lipinski definition) is 3. The lowest BCUT2D eigenvalue weighted by Crippen LogP contribution is -2.14. The van der Waals surface area contributed by atoms with Gasteiger partial charge >= 0.3 is 0 Å². The molecule has 0 aliphatic heterocycles. The maximum atomic E-state index is 12.4. The van der Waals surface area contributed by atoms with Crippen molar-refractivity contribution in [2.45, 2.75) is 6.42 Å². The molecule has 4 rings (SSSR count). The van der Waals surface area contributed by atoms with Crippen LogP contribution in [0.1, 0.15) is 16.1 Å². The normalized spacial score (nSPS) is 10.8. The fourth-order valence-corrected chi connectivity index (χ4v) is 3.22. The van der Waals surface area contributed by atoms with Crippen molar-refractivity contribution < 1.29 is 14.0 Å². The van der Waals surface area contributed by atoms with E-state index >= 15 is 0 Å². The summed E-state index contributed by atoms with van der Waals surface area (Å²) in [5, 5.41) is 6.67. The predicted octanol–water partition coefficient (Wildman–Crippen LogP) is 4.96. The van der Waals surface area contributed by atoms with Crippen molar-refractivity contribution in [1.29, 1.82) is 0 Å². The average Bonchev–Trinajstić information content (AvgIpc) is 3.33. The molecule has 2 amide bonds. The Labute approximate surface area is 169 Å². The third-order valence-corrected chi connectivity index (χ3v) is 4.67. The Balaban J connectivity index is 1.38. The Kier molecular flexibility index (Phi) is 4.99. The van der Waals surface area contributed by atoms with Gasteiger partial charge in [-0.2, -0.15) is 0 Å². The highest BCUT2D eigenvalue weighted by molar-refractivity contribution is 9.10. The number of carbonyl (C=O) groups is 2. The first kappa shape index (κ1) is 18.1. The van der Waals surface area contributed by atoms with E-state index < -0.39 is 0 Å². The second-order valence-corrected chi connectivity index (χ2v) is 7.01. The molecule has 28 heavy (non-hydrogen) atoms. The average molecular weight is 438 g/mol. The molecule has 6 nitrogen and oxygen atoms in total. The van der Waals surface area contributed by atoms with Gasteiger partial charge in [0.25, 0.3) is 5.91 Å². The molecule has 7 heteroatoms. The first-order chi connectivity index (χ1) is 13.6. The molecule has 0 saturated carbocycles. The number of hydrogen-bond donors (Lipinski definition) is 3. The summed E-state index contributed by atoms with van der Waals surface area (Å²) in [6, 6.07) is 18.0. The molecular formula is C21H16BrN3O3. The van der Waals surface area contributed by atoms with Gasteiger partial charge in [0.1, 0.15) is 0 Å². The number of aromatic amines is 1. The van der Waals surface area contributed by atoms with E-state index in [0.717, 1.165) is 22.2 Å². The van der Waals surface area contributed by atoms with Crippen LogP contribution < -0.4 is 10.6 Å². The van der Waals surface area contributed by atoms with Gasteiger partial charge in [-0.1, -0.05) is 18.2 Å². The van der Waals surface area contributed by atoms with Crippen LogP contribution in [-0.4, -0.2) is 16.8 Å². The van der Waals surface area contributed by atoms with Crippen LogP contribution in [0.15, 0.2) is 75.9 Å². The SMILES string of the molecule is O=C(Cc1ccc(NC(=O)c2ccc(Br)o2)cc1)Nc1cccc2[nH]ccc12. The number of benzene rings is 2. The number of anilines is 2. The maximum Gasteiger partial charge on any atom is 0.291 e. The van der Waals surface area contributed by atoms with E-state index in [1.807, 2.05) is 42.6 Å². The monoisotopic (exact) mass is 437 g/mol. The van der Waals surface area contributed by atoms with Crippen molar-refractivity contribution in [3.05, 3.63) is 82.9 Å². The molecule has 4 aromatic rings. The number of fused-ring (bicyclic) bond motifs is 1. The van der Waals surface area contributed by atoms with Gasteiger partial charge in [0, 0.05) is 22.8 Å². The molecule has 0 fully saturated rings. The first-order valence-corrected chi connectivity index (χ1v) is 9.39. The van der Waals surface area contributed by atoms with Crippen molar-refractivity contribution >= 4 is 50.0 Å². The minimum atomic E-state index is -0.337. The molecule has 0 aliphatic rings. The van der Waals surface area contributed by atoms with Gasteiger partial charge in [-0.25, -0.2) is 0 Å². The van der Waals surface area contributed by atoms with E-state index in [0.29, 0.717) is 10.4 Å². The Morgan fingerprint density at radius 3 is 2.54 bits per heavy atom. The summed E-state index contributed by atoms with van der Waals surface area (Å²) < 4.78 is 5.72. The highest BCUT2D eigenvalue weighted by Gasteiger charge is 2.11. The third-order valence-electron chi connectivity index (χ3n) is 4.24. The predicted molar refractivity (Wildman–Crippen MR) is 111 cm³/mol. The molecule has 2 aromatic heterocycles. The van der Waals surface area contributed by atoms with Crippen LogP contribution >= 0.6 is 15.9 Å². The molecule has 0 aliphatic carbocycles. The van der Waals surface area contributed by atoms with Crippen LogP contribution in [0.3, 0.4) is 0 Å². The Morgan fingerprint density at radius 1 is 0.964 bits per heavy atom. The van der Waals surface area contributed by atoms with E-state index in [9.17, 15) is 9.59 Å². The number of carbonyl (C=O) groups excluding carboxylic acids is 2. The van der Waals surface area contributed by atoms with Gasteiger partial charge in [0.2, 0.25) is 5.91 Å². The highest BCUT2D eigenvalue weighted by atomic mass is 79.9. The summed E-state index contributed by atoms with van der Waals surface area (Å²) >= 11 is 3.17. The van der Waals surface area contributed by atoms with Crippen LogP contribution in [-0.2, 0) is 11.2 Å². The number of H-pyrrole nitrogens is 1. The van der Waals surface area contributed by atoms with Crippen LogP contribution in [0.5, 0.6) is 0 Å². The summed E-state index contributed by atoms with van der Waals surface area (Å²) in [5.41, 5.74) is 3.22. The lowest BCUT2D eigenvalue weighted by atomic mass is 10.1. The summed E-state index contributed by atoms with van der Waals surface area (Å²) in [6.07, 6.45) is 2.08. The summed E-state index contributed by atoms with van der Waals surface area (Å²) in [4.78, 5) is 27.6. The number of furan rings is 1. The molecule has 0 spiro atoms. The van der Waals surface area contributed by atoms with Gasteiger partial charge in [0.05, 0.1) is 12.1 Å². The molecule has 0 bridgehead atoms. The lowest BCUT2D eigenvalue weighted by Gasteiger charge is -2.08. The van der Waals surface area contributed by atoms with Crippen molar-refractivity contribution in [2.24, 2.45) is 0 Å². The molecule has 3 N–H and O–H groups in total. The standard InChI is InChI=1S/C21H16BrN3O3/c22-19-9-8-18(28-19)21(27)24-14-6-4-13(5-7-14)12-20(26)25-17-3-1-2-16-15(17)10-11-23-16/h1-11,23H,12H2,(H,24,27)(H,25,26). The zero-order chi connectivity index (χ0) is 19.5. The van der Waals surface area contributed by atoms with Crippen molar-refractivity contribution in [1.82, 2.24) is 4.98 Å². The van der Waals surface area contributed by atoms with Crippen LogP contribution in [0.25, 0.3) is 10.9 Å². The zero-order valence-corrected chi connectivity index (χ0v) is 16.2. The number of nitrogens with one attached hydrogen (secondary N) is 3. The second kappa shape index (κ2) is 7.74. The van der Waals surface area contributed by atoms with E-state index in [-0.39, 0.29) is 24.0 Å². The van der Waals surface area contributed by atoms with Gasteiger partial charge in [-0.3, -0.25) is 9.59 Å². The molecular weight excluding hydrogens is 422 g/mol. The van der Waals surface area contributed by atoms with Crippen LogP contribution in [0.2, 0.25) is 0 Å². The van der Waals surface area contributed by atoms with Gasteiger partial charge in [-0.05, 0) is 64.0 Å². The van der Waals surface area contributed by atoms with Crippen LogP contribution in [0.4, 0.5) is 11.4 Å². The largest absolute Gasteiger partial charge is 0.444 e. The van der Waals surface area contributed by atoms with Gasteiger partial charge in [0.15, 0.2) is 10.4 Å². The number of aromatic nitrogens is 1. The summed E-state index contributed by atoms with van der Waals surface area (Å²) in [5.74, 6) is -0.226. The molecule has 2 aromatic carbocycles. The fourth-order valence-electron chi connectivity index (χ4n) is 2.91. The van der Waals surface area contributed by atoms with Crippen molar-refractivity contribution in [2.75, 3.05) is 10.6 Å². The molecule has 0 unspecified atom stereocenters. The van der Waals surface area contributed by atoms with Gasteiger partial charge < -0.3 is 20.0 Å². The molecule has 140 valence electrons. The van der Waals surface area contributed by atoms with Crippen molar-refractivity contribution in [3.8, 4) is 0 Å².